The second-order valence-electron chi connectivity index (χ2n) is 3.51. The van der Waals surface area contributed by atoms with Gasteiger partial charge in [0.05, 0.1) is 0 Å². The third-order valence-corrected chi connectivity index (χ3v) is 2.61. The van der Waals surface area contributed by atoms with Crippen LogP contribution in [0.4, 0.5) is 0 Å². The molecule has 0 unspecified atom stereocenters. The van der Waals surface area contributed by atoms with Crippen molar-refractivity contribution in [3.8, 4) is 16.9 Å². The molecule has 0 saturated carbocycles. The van der Waals surface area contributed by atoms with Crippen LogP contribution in [0.15, 0.2) is 42.5 Å². The van der Waals surface area contributed by atoms with Crippen LogP contribution in [0.2, 0.25) is 5.02 Å². The number of halogens is 1. The third kappa shape index (κ3) is 2.13. The van der Waals surface area contributed by atoms with E-state index in [1.54, 1.807) is 12.1 Å². The van der Waals surface area contributed by atoms with Gasteiger partial charge in [0.1, 0.15) is 5.75 Å². The number of hydrogen-bond acceptors (Lipinski definition) is 1. The van der Waals surface area contributed by atoms with E-state index in [4.69, 9.17) is 11.6 Å². The quantitative estimate of drug-likeness (QED) is 0.767. The number of aryl methyl sites for hydroxylation is 1. The Morgan fingerprint density at radius 1 is 1.00 bits per heavy atom. The normalized spacial score (nSPS) is 10.3. The fourth-order valence-corrected chi connectivity index (χ4v) is 1.72. The van der Waals surface area contributed by atoms with Gasteiger partial charge in [-0.05, 0) is 47.9 Å². The van der Waals surface area contributed by atoms with Crippen molar-refractivity contribution < 1.29 is 5.11 Å². The minimum absolute atomic E-state index is 0.276. The Balaban J connectivity index is 2.53. The Bertz CT molecular complexity index is 474. The molecule has 0 aliphatic heterocycles. The highest BCUT2D eigenvalue weighted by molar-refractivity contribution is 6.30. The van der Waals surface area contributed by atoms with Gasteiger partial charge >= 0.3 is 0 Å². The van der Waals surface area contributed by atoms with Gasteiger partial charge < -0.3 is 5.11 Å². The summed E-state index contributed by atoms with van der Waals surface area (Å²) in [5.74, 6) is 0.276. The zero-order valence-corrected chi connectivity index (χ0v) is 9.12. The minimum atomic E-state index is 0.276. The maximum absolute atomic E-state index is 9.20. The zero-order chi connectivity index (χ0) is 10.8. The summed E-state index contributed by atoms with van der Waals surface area (Å²) in [6.45, 7) is 2.04. The standard InChI is InChI=1S/C13H11ClO/c1-9-2-5-11(14)8-13(9)10-3-6-12(15)7-4-10/h2-8,15H,1H3. The predicted molar refractivity (Wildman–Crippen MR) is 63.3 cm³/mol. The molecule has 0 saturated heterocycles. The molecule has 0 spiro atoms. The predicted octanol–water partition coefficient (Wildman–Crippen LogP) is 4.02. The number of benzene rings is 2. The van der Waals surface area contributed by atoms with Gasteiger partial charge in [-0.25, -0.2) is 0 Å². The Kier molecular flexibility index (Phi) is 2.65. The maximum Gasteiger partial charge on any atom is 0.115 e. The molecule has 2 rings (SSSR count). The number of aromatic hydroxyl groups is 1. The lowest BCUT2D eigenvalue weighted by molar-refractivity contribution is 0.475. The summed E-state index contributed by atoms with van der Waals surface area (Å²) in [5, 5.41) is 9.93. The summed E-state index contributed by atoms with van der Waals surface area (Å²) in [4.78, 5) is 0. The highest BCUT2D eigenvalue weighted by Crippen LogP contribution is 2.27. The second kappa shape index (κ2) is 3.95. The lowest BCUT2D eigenvalue weighted by Gasteiger charge is -2.06. The lowest BCUT2D eigenvalue weighted by Crippen LogP contribution is -1.82. The molecule has 0 aliphatic carbocycles. The lowest BCUT2D eigenvalue weighted by atomic mass is 10.0. The topological polar surface area (TPSA) is 20.2 Å². The maximum atomic E-state index is 9.20. The summed E-state index contributed by atoms with van der Waals surface area (Å²) in [6.07, 6.45) is 0. The largest absolute Gasteiger partial charge is 0.508 e. The Morgan fingerprint density at radius 2 is 1.67 bits per heavy atom. The van der Waals surface area contributed by atoms with Gasteiger partial charge in [-0.2, -0.15) is 0 Å². The molecule has 2 heteroatoms. The van der Waals surface area contributed by atoms with Crippen molar-refractivity contribution in [3.05, 3.63) is 53.1 Å². The fraction of sp³-hybridized carbons (Fsp3) is 0.0769. The molecule has 1 nitrogen and oxygen atoms in total. The van der Waals surface area contributed by atoms with Crippen LogP contribution in [0.25, 0.3) is 11.1 Å². The van der Waals surface area contributed by atoms with Gasteiger partial charge in [-0.3, -0.25) is 0 Å². The third-order valence-electron chi connectivity index (χ3n) is 2.38. The van der Waals surface area contributed by atoms with E-state index in [-0.39, 0.29) is 5.75 Å². The molecule has 0 aliphatic rings. The van der Waals surface area contributed by atoms with Crippen LogP contribution in [-0.4, -0.2) is 5.11 Å². The van der Waals surface area contributed by atoms with Crippen molar-refractivity contribution in [3.63, 3.8) is 0 Å². The molecular formula is C13H11ClO. The van der Waals surface area contributed by atoms with Crippen molar-refractivity contribution in [2.75, 3.05) is 0 Å². The molecule has 0 bridgehead atoms. The molecule has 0 amide bonds. The first-order valence-electron chi connectivity index (χ1n) is 4.72. The van der Waals surface area contributed by atoms with E-state index in [1.807, 2.05) is 37.3 Å². The van der Waals surface area contributed by atoms with Crippen molar-refractivity contribution in [2.24, 2.45) is 0 Å². The van der Waals surface area contributed by atoms with Crippen LogP contribution in [0.3, 0.4) is 0 Å². The highest BCUT2D eigenvalue weighted by Gasteiger charge is 2.02. The van der Waals surface area contributed by atoms with Crippen molar-refractivity contribution in [1.29, 1.82) is 0 Å². The van der Waals surface area contributed by atoms with Crippen LogP contribution in [-0.2, 0) is 0 Å². The van der Waals surface area contributed by atoms with E-state index in [1.165, 1.54) is 5.56 Å². The van der Waals surface area contributed by atoms with Crippen LogP contribution in [0.5, 0.6) is 5.75 Å². The van der Waals surface area contributed by atoms with Crippen LogP contribution < -0.4 is 0 Å². The van der Waals surface area contributed by atoms with Crippen molar-refractivity contribution in [2.45, 2.75) is 6.92 Å². The van der Waals surface area contributed by atoms with Crippen LogP contribution >= 0.6 is 11.6 Å². The number of phenolic OH excluding ortho intramolecular Hbond substituents is 1. The van der Waals surface area contributed by atoms with Crippen LogP contribution in [0.1, 0.15) is 5.56 Å². The molecule has 15 heavy (non-hydrogen) atoms. The van der Waals surface area contributed by atoms with Gasteiger partial charge in [0.2, 0.25) is 0 Å². The van der Waals surface area contributed by atoms with E-state index < -0.39 is 0 Å². The fourth-order valence-electron chi connectivity index (χ4n) is 1.55. The van der Waals surface area contributed by atoms with Gasteiger partial charge in [-0.15, -0.1) is 0 Å². The molecular weight excluding hydrogens is 208 g/mol. The average molecular weight is 219 g/mol. The average Bonchev–Trinajstić information content (AvgIpc) is 2.23. The molecule has 0 atom stereocenters. The molecule has 0 aromatic heterocycles. The Labute approximate surface area is 94.0 Å². The summed E-state index contributed by atoms with van der Waals surface area (Å²) in [5.41, 5.74) is 3.33. The number of hydrogen-bond donors (Lipinski definition) is 1. The van der Waals surface area contributed by atoms with Crippen molar-refractivity contribution in [1.82, 2.24) is 0 Å². The minimum Gasteiger partial charge on any atom is -0.508 e. The first kappa shape index (κ1) is 10.1. The zero-order valence-electron chi connectivity index (χ0n) is 8.37. The van der Waals surface area contributed by atoms with Crippen LogP contribution in [0, 0.1) is 6.92 Å². The summed E-state index contributed by atoms with van der Waals surface area (Å²) in [6, 6.07) is 12.9. The summed E-state index contributed by atoms with van der Waals surface area (Å²) >= 11 is 5.95. The highest BCUT2D eigenvalue weighted by atomic mass is 35.5. The van der Waals surface area contributed by atoms with Gasteiger partial charge in [0, 0.05) is 5.02 Å². The van der Waals surface area contributed by atoms with E-state index >= 15 is 0 Å². The smallest absolute Gasteiger partial charge is 0.115 e. The van der Waals surface area contributed by atoms with Crippen molar-refractivity contribution >= 4 is 11.6 Å². The second-order valence-corrected chi connectivity index (χ2v) is 3.94. The SMILES string of the molecule is Cc1ccc(Cl)cc1-c1ccc(O)cc1. The molecule has 0 heterocycles. The van der Waals surface area contributed by atoms with E-state index in [9.17, 15) is 5.11 Å². The first-order chi connectivity index (χ1) is 7.16. The molecule has 0 fully saturated rings. The number of rotatable bonds is 1. The first-order valence-corrected chi connectivity index (χ1v) is 5.10. The number of phenols is 1. The molecule has 1 N–H and O–H groups in total. The van der Waals surface area contributed by atoms with Gasteiger partial charge in [0.25, 0.3) is 0 Å². The van der Waals surface area contributed by atoms with E-state index in [0.717, 1.165) is 16.1 Å². The Hall–Kier alpha value is -1.47. The van der Waals surface area contributed by atoms with Gasteiger partial charge in [-0.1, -0.05) is 29.8 Å². The molecule has 0 radical (unpaired) electrons. The molecule has 76 valence electrons. The summed E-state index contributed by atoms with van der Waals surface area (Å²) in [7, 11) is 0. The van der Waals surface area contributed by atoms with E-state index in [0.29, 0.717) is 0 Å². The molecule has 2 aromatic rings. The Morgan fingerprint density at radius 3 is 2.33 bits per heavy atom. The summed E-state index contributed by atoms with van der Waals surface area (Å²) < 4.78 is 0. The monoisotopic (exact) mass is 218 g/mol. The van der Waals surface area contributed by atoms with E-state index in [2.05, 4.69) is 0 Å². The molecule has 2 aromatic carbocycles. The van der Waals surface area contributed by atoms with Gasteiger partial charge in [0.15, 0.2) is 0 Å².